The molecular formula is C18H20BrClN4O2. The summed E-state index contributed by atoms with van der Waals surface area (Å²) >= 11 is 9.62. The van der Waals surface area contributed by atoms with Crippen LogP contribution >= 0.6 is 27.5 Å². The second kappa shape index (κ2) is 6.09. The standard InChI is InChI=1S/C18H20BrClN4O2/c1-2-26-17(25)14-8-3-4-9(11-7-10(8)11)15(14)21-16-12-5-6-13(19)24(12)23-18(20)22-16/h5-6,8-11,14-15H,2-4,7H2,1H3,(H,21,22,23)/t8-,9+,10?,11?,14-,15-/m0/s1. The molecule has 2 unspecified atom stereocenters. The van der Waals surface area contributed by atoms with Gasteiger partial charge in [0, 0.05) is 6.04 Å². The van der Waals surface area contributed by atoms with Crippen LogP contribution in [-0.4, -0.2) is 33.2 Å². The van der Waals surface area contributed by atoms with Crippen LogP contribution in [0.1, 0.15) is 26.2 Å². The van der Waals surface area contributed by atoms with Gasteiger partial charge in [0.1, 0.15) is 10.1 Å². The summed E-state index contributed by atoms with van der Waals surface area (Å²) in [6.07, 6.45) is 3.54. The zero-order valence-corrected chi connectivity index (χ0v) is 16.7. The molecule has 138 valence electrons. The fourth-order valence-electron chi connectivity index (χ4n) is 5.42. The van der Waals surface area contributed by atoms with Crippen LogP contribution in [0.3, 0.4) is 0 Å². The van der Waals surface area contributed by atoms with E-state index in [1.54, 1.807) is 4.52 Å². The predicted octanol–water partition coefficient (Wildman–Crippen LogP) is 3.78. The van der Waals surface area contributed by atoms with Crippen molar-refractivity contribution in [2.24, 2.45) is 29.6 Å². The minimum atomic E-state index is -0.107. The second-order valence-electron chi connectivity index (χ2n) is 7.60. The summed E-state index contributed by atoms with van der Waals surface area (Å²) in [6.45, 7) is 2.29. The highest BCUT2D eigenvalue weighted by molar-refractivity contribution is 9.10. The molecule has 2 heterocycles. The van der Waals surface area contributed by atoms with Crippen molar-refractivity contribution in [3.63, 3.8) is 0 Å². The fourth-order valence-corrected chi connectivity index (χ4v) is 5.98. The molecular weight excluding hydrogens is 420 g/mol. The topological polar surface area (TPSA) is 68.5 Å². The largest absolute Gasteiger partial charge is 0.466 e. The first-order chi connectivity index (χ1) is 12.6. The molecule has 2 bridgehead atoms. The Labute approximate surface area is 164 Å². The summed E-state index contributed by atoms with van der Waals surface area (Å²) in [6, 6.07) is 3.90. The van der Waals surface area contributed by atoms with E-state index in [0.29, 0.717) is 30.2 Å². The number of carbonyl (C=O) groups excluding carboxylic acids is 1. The number of carbonyl (C=O) groups is 1. The maximum atomic E-state index is 12.8. The van der Waals surface area contributed by atoms with Crippen LogP contribution in [0.4, 0.5) is 5.82 Å². The molecule has 4 saturated carbocycles. The lowest BCUT2D eigenvalue weighted by Gasteiger charge is -2.47. The van der Waals surface area contributed by atoms with Crippen LogP contribution in [0.5, 0.6) is 0 Å². The average molecular weight is 440 g/mol. The van der Waals surface area contributed by atoms with Crippen molar-refractivity contribution in [1.82, 2.24) is 14.6 Å². The van der Waals surface area contributed by atoms with Crippen LogP contribution in [0.15, 0.2) is 16.7 Å². The lowest BCUT2D eigenvalue weighted by Crippen LogP contribution is -2.53. The van der Waals surface area contributed by atoms with Gasteiger partial charge in [-0.05, 0) is 89.5 Å². The number of hydrogen-bond donors (Lipinski definition) is 1. The van der Waals surface area contributed by atoms with Crippen LogP contribution < -0.4 is 5.32 Å². The van der Waals surface area contributed by atoms with E-state index in [4.69, 9.17) is 16.3 Å². The normalized spacial score (nSPS) is 34.6. The smallest absolute Gasteiger partial charge is 0.311 e. The van der Waals surface area contributed by atoms with Crippen molar-refractivity contribution >= 4 is 44.8 Å². The molecule has 6 rings (SSSR count). The first kappa shape index (κ1) is 16.8. The SMILES string of the molecule is CCOC(=O)[C@@H]1[C@@H](Nc2nc(Cl)nn3c(Br)ccc23)[C@@H]2CC[C@H]1C1CC12. The molecule has 0 amide bonds. The van der Waals surface area contributed by atoms with Gasteiger partial charge in [0.15, 0.2) is 5.82 Å². The molecule has 0 radical (unpaired) electrons. The van der Waals surface area contributed by atoms with Gasteiger partial charge in [-0.2, -0.15) is 4.98 Å². The Morgan fingerprint density at radius 3 is 2.92 bits per heavy atom. The first-order valence-electron chi connectivity index (χ1n) is 9.22. The third-order valence-electron chi connectivity index (χ3n) is 6.43. The highest BCUT2D eigenvalue weighted by Crippen LogP contribution is 2.64. The molecule has 2 aromatic rings. The Hall–Kier alpha value is -1.34. The molecule has 1 N–H and O–H groups in total. The van der Waals surface area contributed by atoms with Gasteiger partial charge in [-0.1, -0.05) is 0 Å². The lowest BCUT2D eigenvalue weighted by atomic mass is 9.61. The summed E-state index contributed by atoms with van der Waals surface area (Å²) in [7, 11) is 0. The van der Waals surface area contributed by atoms with Crippen molar-refractivity contribution < 1.29 is 9.53 Å². The average Bonchev–Trinajstić information content (AvgIpc) is 3.36. The van der Waals surface area contributed by atoms with Gasteiger partial charge < -0.3 is 10.1 Å². The molecule has 26 heavy (non-hydrogen) atoms. The van der Waals surface area contributed by atoms with Crippen LogP contribution in [0.25, 0.3) is 5.52 Å². The van der Waals surface area contributed by atoms with E-state index in [2.05, 4.69) is 31.3 Å². The van der Waals surface area contributed by atoms with E-state index in [-0.39, 0.29) is 23.2 Å². The van der Waals surface area contributed by atoms with Crippen molar-refractivity contribution in [2.75, 3.05) is 11.9 Å². The summed E-state index contributed by atoms with van der Waals surface area (Å²) < 4.78 is 7.97. The third kappa shape index (κ3) is 2.47. The molecule has 0 aromatic carbocycles. The van der Waals surface area contributed by atoms with E-state index in [9.17, 15) is 4.79 Å². The molecule has 6 nitrogen and oxygen atoms in total. The van der Waals surface area contributed by atoms with Crippen molar-refractivity contribution in [3.05, 3.63) is 22.0 Å². The molecule has 0 saturated heterocycles. The van der Waals surface area contributed by atoms with Gasteiger partial charge in [0.05, 0.1) is 12.5 Å². The minimum absolute atomic E-state index is 0.0417. The Kier molecular flexibility index (Phi) is 3.94. The number of fused-ring (bicyclic) bond motifs is 3. The van der Waals surface area contributed by atoms with Gasteiger partial charge in [-0.15, -0.1) is 5.10 Å². The van der Waals surface area contributed by atoms with E-state index in [0.717, 1.165) is 22.5 Å². The molecule has 4 aliphatic carbocycles. The van der Waals surface area contributed by atoms with E-state index >= 15 is 0 Å². The Morgan fingerprint density at radius 2 is 2.12 bits per heavy atom. The van der Waals surface area contributed by atoms with Gasteiger partial charge in [0.2, 0.25) is 5.28 Å². The Bertz CT molecular complexity index is 887. The summed E-state index contributed by atoms with van der Waals surface area (Å²) in [5, 5.41) is 7.99. The zero-order chi connectivity index (χ0) is 18.0. The highest BCUT2D eigenvalue weighted by atomic mass is 79.9. The van der Waals surface area contributed by atoms with Gasteiger partial charge in [-0.3, -0.25) is 4.79 Å². The molecule has 0 spiro atoms. The van der Waals surface area contributed by atoms with Crippen LogP contribution in [-0.2, 0) is 9.53 Å². The first-order valence-corrected chi connectivity index (χ1v) is 10.4. The maximum Gasteiger partial charge on any atom is 0.311 e. The molecule has 4 fully saturated rings. The number of nitrogens with zero attached hydrogens (tertiary/aromatic N) is 3. The van der Waals surface area contributed by atoms with E-state index in [1.165, 1.54) is 12.8 Å². The zero-order valence-electron chi connectivity index (χ0n) is 14.4. The lowest BCUT2D eigenvalue weighted by molar-refractivity contribution is -0.155. The van der Waals surface area contributed by atoms with Crippen LogP contribution in [0.2, 0.25) is 5.28 Å². The molecule has 0 aliphatic heterocycles. The number of hydrogen-bond acceptors (Lipinski definition) is 5. The highest BCUT2D eigenvalue weighted by Gasteiger charge is 2.63. The summed E-state index contributed by atoms with van der Waals surface area (Å²) in [5.41, 5.74) is 0.845. The number of ether oxygens (including phenoxy) is 1. The van der Waals surface area contributed by atoms with Crippen LogP contribution in [0, 0.1) is 29.6 Å². The van der Waals surface area contributed by atoms with Crippen molar-refractivity contribution in [2.45, 2.75) is 32.2 Å². The Balaban J connectivity index is 1.53. The van der Waals surface area contributed by atoms with E-state index < -0.39 is 0 Å². The molecule has 8 heteroatoms. The summed E-state index contributed by atoms with van der Waals surface area (Å²) in [4.78, 5) is 17.2. The number of aromatic nitrogens is 3. The van der Waals surface area contributed by atoms with Gasteiger partial charge in [0.25, 0.3) is 0 Å². The number of nitrogens with one attached hydrogen (secondary N) is 1. The monoisotopic (exact) mass is 438 g/mol. The number of esters is 1. The quantitative estimate of drug-likeness (QED) is 0.734. The summed E-state index contributed by atoms with van der Waals surface area (Å²) in [5.74, 6) is 2.86. The molecule has 2 aromatic heterocycles. The van der Waals surface area contributed by atoms with Crippen molar-refractivity contribution in [1.29, 1.82) is 0 Å². The number of anilines is 1. The maximum absolute atomic E-state index is 12.8. The fraction of sp³-hybridized carbons (Fsp3) is 0.611. The number of rotatable bonds is 4. The second-order valence-corrected chi connectivity index (χ2v) is 8.75. The molecule has 6 atom stereocenters. The van der Waals surface area contributed by atoms with Crippen molar-refractivity contribution in [3.8, 4) is 0 Å². The van der Waals surface area contributed by atoms with E-state index in [1.807, 2.05) is 19.1 Å². The minimum Gasteiger partial charge on any atom is -0.466 e. The third-order valence-corrected chi connectivity index (χ3v) is 7.19. The van der Waals surface area contributed by atoms with Gasteiger partial charge >= 0.3 is 5.97 Å². The van der Waals surface area contributed by atoms with Gasteiger partial charge in [-0.25, -0.2) is 4.52 Å². The Morgan fingerprint density at radius 1 is 1.35 bits per heavy atom. The predicted molar refractivity (Wildman–Crippen MR) is 101 cm³/mol. The molecule has 4 aliphatic rings. The number of halogens is 2.